The monoisotopic (exact) mass is 358 g/mol. The summed E-state index contributed by atoms with van der Waals surface area (Å²) >= 11 is 1.74. The largest absolute Gasteiger partial charge is 0.341 e. The van der Waals surface area contributed by atoms with Gasteiger partial charge in [0.1, 0.15) is 0 Å². The van der Waals surface area contributed by atoms with Crippen molar-refractivity contribution in [2.45, 2.75) is 19.4 Å². The maximum absolute atomic E-state index is 12.3. The average Bonchev–Trinajstić information content (AvgIpc) is 3.31. The van der Waals surface area contributed by atoms with E-state index in [2.05, 4.69) is 10.00 Å². The van der Waals surface area contributed by atoms with E-state index >= 15 is 0 Å². The van der Waals surface area contributed by atoms with Gasteiger partial charge in [0.05, 0.1) is 17.6 Å². The van der Waals surface area contributed by atoms with Crippen LogP contribution < -0.4 is 0 Å². The zero-order valence-corrected chi connectivity index (χ0v) is 15.6. The number of carbonyl (C=O) groups is 1. The Labute approximate surface area is 154 Å². The first kappa shape index (κ1) is 18.0. The SMILES string of the molecule is CN(Cc1cnn(-c2ccccc2)c1)C(=O)CSCCN1CCCC1. The van der Waals surface area contributed by atoms with E-state index < -0.39 is 0 Å². The number of aromatic nitrogens is 2. The van der Waals surface area contributed by atoms with Crippen LogP contribution in [0.4, 0.5) is 0 Å². The summed E-state index contributed by atoms with van der Waals surface area (Å²) in [5.41, 5.74) is 2.07. The van der Waals surface area contributed by atoms with Crippen LogP contribution in [0.25, 0.3) is 5.69 Å². The molecule has 134 valence electrons. The second-order valence-corrected chi connectivity index (χ2v) is 7.59. The molecule has 0 spiro atoms. The smallest absolute Gasteiger partial charge is 0.232 e. The van der Waals surface area contributed by atoms with Gasteiger partial charge in [-0.1, -0.05) is 18.2 Å². The molecule has 6 heteroatoms. The Morgan fingerprint density at radius 2 is 2.00 bits per heavy atom. The minimum absolute atomic E-state index is 0.180. The van der Waals surface area contributed by atoms with Crippen LogP contribution in [-0.2, 0) is 11.3 Å². The highest BCUT2D eigenvalue weighted by Crippen LogP contribution is 2.12. The van der Waals surface area contributed by atoms with Crippen LogP contribution >= 0.6 is 11.8 Å². The summed E-state index contributed by atoms with van der Waals surface area (Å²) in [5, 5.41) is 4.39. The summed E-state index contributed by atoms with van der Waals surface area (Å²) in [6.07, 6.45) is 6.46. The number of carbonyl (C=O) groups excluding carboxylic acids is 1. The fourth-order valence-corrected chi connectivity index (χ4v) is 3.92. The molecule has 0 atom stereocenters. The van der Waals surface area contributed by atoms with Crippen molar-refractivity contribution in [3.8, 4) is 5.69 Å². The molecule has 3 rings (SSSR count). The first-order chi connectivity index (χ1) is 12.2. The molecule has 1 aromatic carbocycles. The maximum Gasteiger partial charge on any atom is 0.232 e. The summed E-state index contributed by atoms with van der Waals surface area (Å²) in [6.45, 7) is 4.14. The van der Waals surface area contributed by atoms with Crippen molar-refractivity contribution in [2.75, 3.05) is 38.2 Å². The molecule has 0 N–H and O–H groups in total. The van der Waals surface area contributed by atoms with Crippen LogP contribution in [-0.4, -0.2) is 63.7 Å². The Bertz CT molecular complexity index is 667. The summed E-state index contributed by atoms with van der Waals surface area (Å²) in [5.74, 6) is 1.77. The van der Waals surface area contributed by atoms with Crippen LogP contribution in [0.1, 0.15) is 18.4 Å². The van der Waals surface area contributed by atoms with Crippen LogP contribution in [0.15, 0.2) is 42.7 Å². The molecule has 5 nitrogen and oxygen atoms in total. The minimum Gasteiger partial charge on any atom is -0.341 e. The van der Waals surface area contributed by atoms with Crippen molar-refractivity contribution in [1.29, 1.82) is 0 Å². The third kappa shape index (κ3) is 5.34. The second-order valence-electron chi connectivity index (χ2n) is 6.48. The van der Waals surface area contributed by atoms with E-state index in [1.165, 1.54) is 25.9 Å². The quantitative estimate of drug-likeness (QED) is 0.681. The molecule has 2 heterocycles. The molecule has 1 amide bonds. The van der Waals surface area contributed by atoms with Crippen LogP contribution in [0, 0.1) is 0 Å². The van der Waals surface area contributed by atoms with Gasteiger partial charge in [-0.15, -0.1) is 0 Å². The number of nitrogens with zero attached hydrogens (tertiary/aromatic N) is 4. The van der Waals surface area contributed by atoms with Crippen molar-refractivity contribution < 1.29 is 4.79 Å². The normalized spacial score (nSPS) is 14.8. The van der Waals surface area contributed by atoms with Crippen LogP contribution in [0.3, 0.4) is 0 Å². The van der Waals surface area contributed by atoms with Crippen molar-refractivity contribution >= 4 is 17.7 Å². The highest BCUT2D eigenvalue weighted by molar-refractivity contribution is 7.99. The molecule has 0 aliphatic carbocycles. The summed E-state index contributed by atoms with van der Waals surface area (Å²) in [4.78, 5) is 16.6. The topological polar surface area (TPSA) is 41.4 Å². The molecule has 0 saturated carbocycles. The molecule has 2 aromatic rings. The van der Waals surface area contributed by atoms with Gasteiger partial charge < -0.3 is 9.80 Å². The van der Waals surface area contributed by atoms with Gasteiger partial charge in [0.2, 0.25) is 5.91 Å². The van der Waals surface area contributed by atoms with E-state index in [1.54, 1.807) is 16.7 Å². The lowest BCUT2D eigenvalue weighted by Crippen LogP contribution is -2.28. The van der Waals surface area contributed by atoms with E-state index in [0.29, 0.717) is 12.3 Å². The highest BCUT2D eigenvalue weighted by atomic mass is 32.2. The number of amides is 1. The van der Waals surface area contributed by atoms with Gasteiger partial charge in [-0.25, -0.2) is 4.68 Å². The molecule has 1 aliphatic rings. The molecule has 1 saturated heterocycles. The Morgan fingerprint density at radius 3 is 2.76 bits per heavy atom. The maximum atomic E-state index is 12.3. The first-order valence-corrected chi connectivity index (χ1v) is 10.0. The number of rotatable bonds is 8. The third-order valence-electron chi connectivity index (χ3n) is 4.48. The number of hydrogen-bond acceptors (Lipinski definition) is 4. The van der Waals surface area contributed by atoms with Crippen LogP contribution in [0.5, 0.6) is 0 Å². The Kier molecular flexibility index (Phi) is 6.53. The van der Waals surface area contributed by atoms with E-state index in [4.69, 9.17) is 0 Å². The van der Waals surface area contributed by atoms with Gasteiger partial charge in [-0.2, -0.15) is 16.9 Å². The van der Waals surface area contributed by atoms with Gasteiger partial charge in [-0.3, -0.25) is 4.79 Å². The fraction of sp³-hybridized carbons (Fsp3) is 0.474. The van der Waals surface area contributed by atoms with E-state index in [-0.39, 0.29) is 5.91 Å². The minimum atomic E-state index is 0.180. The van der Waals surface area contributed by atoms with E-state index in [9.17, 15) is 4.79 Å². The Morgan fingerprint density at radius 1 is 1.24 bits per heavy atom. The second kappa shape index (κ2) is 9.06. The molecule has 1 aliphatic heterocycles. The fourth-order valence-electron chi connectivity index (χ4n) is 3.00. The lowest BCUT2D eigenvalue weighted by atomic mass is 10.3. The third-order valence-corrected chi connectivity index (χ3v) is 5.40. The lowest BCUT2D eigenvalue weighted by molar-refractivity contribution is -0.127. The van der Waals surface area contributed by atoms with Crippen molar-refractivity contribution in [1.82, 2.24) is 19.6 Å². The van der Waals surface area contributed by atoms with Crippen molar-refractivity contribution in [3.05, 3.63) is 48.3 Å². The lowest BCUT2D eigenvalue weighted by Gasteiger charge is -2.17. The van der Waals surface area contributed by atoms with Gasteiger partial charge in [0, 0.05) is 37.7 Å². The summed E-state index contributed by atoms with van der Waals surface area (Å²) < 4.78 is 1.85. The molecule has 25 heavy (non-hydrogen) atoms. The zero-order valence-electron chi connectivity index (χ0n) is 14.8. The molecular formula is C19H26N4OS. The Balaban J connectivity index is 1.41. The number of likely N-dealkylation sites (tertiary alicyclic amines) is 1. The predicted molar refractivity (Wildman–Crippen MR) is 103 cm³/mol. The average molecular weight is 359 g/mol. The molecular weight excluding hydrogens is 332 g/mol. The van der Waals surface area contributed by atoms with Crippen molar-refractivity contribution in [3.63, 3.8) is 0 Å². The predicted octanol–water partition coefficient (Wildman–Crippen LogP) is 2.66. The molecule has 1 aromatic heterocycles. The van der Waals surface area contributed by atoms with E-state index in [0.717, 1.165) is 23.5 Å². The summed E-state index contributed by atoms with van der Waals surface area (Å²) in [7, 11) is 1.86. The molecule has 0 bridgehead atoms. The standard InChI is InChI=1S/C19H26N4OS/c1-21(19(24)16-25-12-11-22-9-5-6-10-22)14-17-13-20-23(15-17)18-7-3-2-4-8-18/h2-4,7-8,13,15H,5-6,9-12,14,16H2,1H3. The molecule has 1 fully saturated rings. The summed E-state index contributed by atoms with van der Waals surface area (Å²) in [6, 6.07) is 10.0. The van der Waals surface area contributed by atoms with Crippen LogP contribution in [0.2, 0.25) is 0 Å². The van der Waals surface area contributed by atoms with Gasteiger partial charge in [-0.05, 0) is 38.1 Å². The highest BCUT2D eigenvalue weighted by Gasteiger charge is 2.13. The molecule has 0 unspecified atom stereocenters. The Hall–Kier alpha value is -1.79. The van der Waals surface area contributed by atoms with Crippen molar-refractivity contribution in [2.24, 2.45) is 0 Å². The molecule has 0 radical (unpaired) electrons. The number of para-hydroxylation sites is 1. The van der Waals surface area contributed by atoms with E-state index in [1.807, 2.05) is 54.5 Å². The number of benzene rings is 1. The number of hydrogen-bond donors (Lipinski definition) is 0. The zero-order chi connectivity index (χ0) is 17.5. The van der Waals surface area contributed by atoms with Gasteiger partial charge >= 0.3 is 0 Å². The van der Waals surface area contributed by atoms with Gasteiger partial charge in [0.15, 0.2) is 0 Å². The van der Waals surface area contributed by atoms with Gasteiger partial charge in [0.25, 0.3) is 0 Å². The number of thioether (sulfide) groups is 1. The first-order valence-electron chi connectivity index (χ1n) is 8.85.